The summed E-state index contributed by atoms with van der Waals surface area (Å²) < 4.78 is 9.53. The average Bonchev–Trinajstić information content (AvgIpc) is 2.81. The Morgan fingerprint density at radius 3 is 3.00 bits per heavy atom. The van der Waals surface area contributed by atoms with E-state index < -0.39 is 5.97 Å². The standard InChI is InChI=1S/C8H10N2O3/c1-12-8(11)7-10-9-6(13-7)4-5-2-3-5/h5H,2-4H2,1H3. The third-order valence-corrected chi connectivity index (χ3v) is 1.99. The SMILES string of the molecule is COC(=O)c1nnc(CC2CC2)o1. The quantitative estimate of drug-likeness (QED) is 0.647. The van der Waals surface area contributed by atoms with Gasteiger partial charge in [0.25, 0.3) is 0 Å². The van der Waals surface area contributed by atoms with Crippen molar-refractivity contribution in [3.8, 4) is 0 Å². The Labute approximate surface area is 75.1 Å². The summed E-state index contributed by atoms with van der Waals surface area (Å²) in [7, 11) is 1.28. The Bertz CT molecular complexity index is 317. The zero-order valence-corrected chi connectivity index (χ0v) is 7.32. The predicted molar refractivity (Wildman–Crippen MR) is 42.1 cm³/mol. The molecule has 2 rings (SSSR count). The highest BCUT2D eigenvalue weighted by Crippen LogP contribution is 2.32. The Morgan fingerprint density at radius 1 is 1.62 bits per heavy atom. The maximum Gasteiger partial charge on any atom is 0.396 e. The first-order valence-corrected chi connectivity index (χ1v) is 4.20. The van der Waals surface area contributed by atoms with E-state index in [1.165, 1.54) is 20.0 Å². The fraction of sp³-hybridized carbons (Fsp3) is 0.625. The number of aromatic nitrogens is 2. The summed E-state index contributed by atoms with van der Waals surface area (Å²) in [5.74, 6) is 0.571. The van der Waals surface area contributed by atoms with Crippen molar-refractivity contribution in [2.75, 3.05) is 7.11 Å². The number of methoxy groups -OCH3 is 1. The van der Waals surface area contributed by atoms with Crippen LogP contribution in [0.25, 0.3) is 0 Å². The molecule has 1 fully saturated rings. The van der Waals surface area contributed by atoms with Gasteiger partial charge in [-0.15, -0.1) is 10.2 Å². The molecular formula is C8H10N2O3. The molecular weight excluding hydrogens is 172 g/mol. The molecule has 0 saturated heterocycles. The van der Waals surface area contributed by atoms with Crippen LogP contribution in [-0.2, 0) is 11.2 Å². The average molecular weight is 182 g/mol. The van der Waals surface area contributed by atoms with Crippen molar-refractivity contribution in [1.82, 2.24) is 10.2 Å². The molecule has 0 bridgehead atoms. The minimum absolute atomic E-state index is 0.0573. The molecule has 1 saturated carbocycles. The normalized spacial score (nSPS) is 15.8. The van der Waals surface area contributed by atoms with E-state index in [0.29, 0.717) is 11.8 Å². The topological polar surface area (TPSA) is 65.2 Å². The van der Waals surface area contributed by atoms with Crippen LogP contribution < -0.4 is 0 Å². The highest BCUT2D eigenvalue weighted by atomic mass is 16.5. The largest absolute Gasteiger partial charge is 0.462 e. The fourth-order valence-corrected chi connectivity index (χ4v) is 1.07. The van der Waals surface area contributed by atoms with Gasteiger partial charge in [0, 0.05) is 6.42 Å². The number of carbonyl (C=O) groups excluding carboxylic acids is 1. The van der Waals surface area contributed by atoms with Gasteiger partial charge in [-0.1, -0.05) is 0 Å². The third-order valence-electron chi connectivity index (χ3n) is 1.99. The van der Waals surface area contributed by atoms with Crippen molar-refractivity contribution in [2.24, 2.45) is 5.92 Å². The molecule has 1 aliphatic carbocycles. The van der Waals surface area contributed by atoms with Crippen molar-refractivity contribution in [2.45, 2.75) is 19.3 Å². The lowest BCUT2D eigenvalue weighted by molar-refractivity contribution is 0.0553. The highest BCUT2D eigenvalue weighted by Gasteiger charge is 2.25. The summed E-state index contributed by atoms with van der Waals surface area (Å²) in [4.78, 5) is 10.9. The number of ether oxygens (including phenoxy) is 1. The van der Waals surface area contributed by atoms with Gasteiger partial charge in [0.2, 0.25) is 5.89 Å². The van der Waals surface area contributed by atoms with E-state index in [-0.39, 0.29) is 5.89 Å². The second-order valence-electron chi connectivity index (χ2n) is 3.14. The van der Waals surface area contributed by atoms with Crippen LogP contribution in [0.15, 0.2) is 4.42 Å². The lowest BCUT2D eigenvalue weighted by atomic mass is 10.3. The Hall–Kier alpha value is -1.39. The van der Waals surface area contributed by atoms with Crippen LogP contribution in [0.2, 0.25) is 0 Å². The minimum Gasteiger partial charge on any atom is -0.462 e. The maximum atomic E-state index is 10.9. The number of hydrogen-bond acceptors (Lipinski definition) is 5. The molecule has 1 aliphatic rings. The summed E-state index contributed by atoms with van der Waals surface area (Å²) in [5.41, 5.74) is 0. The molecule has 0 spiro atoms. The van der Waals surface area contributed by atoms with Crippen LogP contribution in [0.4, 0.5) is 0 Å². The van der Waals surface area contributed by atoms with Crippen molar-refractivity contribution >= 4 is 5.97 Å². The van der Waals surface area contributed by atoms with Gasteiger partial charge in [0.15, 0.2) is 0 Å². The van der Waals surface area contributed by atoms with E-state index in [0.717, 1.165) is 6.42 Å². The van der Waals surface area contributed by atoms with Crippen LogP contribution in [0.3, 0.4) is 0 Å². The van der Waals surface area contributed by atoms with E-state index in [9.17, 15) is 4.79 Å². The van der Waals surface area contributed by atoms with Crippen molar-refractivity contribution in [3.63, 3.8) is 0 Å². The molecule has 70 valence electrons. The van der Waals surface area contributed by atoms with Crippen molar-refractivity contribution in [1.29, 1.82) is 0 Å². The fourth-order valence-electron chi connectivity index (χ4n) is 1.07. The van der Waals surface area contributed by atoms with Crippen LogP contribution in [0.5, 0.6) is 0 Å². The lowest BCUT2D eigenvalue weighted by Gasteiger charge is -1.90. The first-order valence-electron chi connectivity index (χ1n) is 4.20. The molecule has 0 unspecified atom stereocenters. The van der Waals surface area contributed by atoms with E-state index in [1.807, 2.05) is 0 Å². The molecule has 1 heterocycles. The Balaban J connectivity index is 2.03. The van der Waals surface area contributed by atoms with Gasteiger partial charge in [0.1, 0.15) is 0 Å². The molecule has 0 atom stereocenters. The molecule has 1 aromatic rings. The van der Waals surface area contributed by atoms with Gasteiger partial charge < -0.3 is 9.15 Å². The molecule has 5 heteroatoms. The van der Waals surface area contributed by atoms with Gasteiger partial charge in [-0.2, -0.15) is 0 Å². The zero-order valence-electron chi connectivity index (χ0n) is 7.32. The molecule has 13 heavy (non-hydrogen) atoms. The lowest BCUT2D eigenvalue weighted by Crippen LogP contribution is -2.00. The van der Waals surface area contributed by atoms with Gasteiger partial charge >= 0.3 is 11.9 Å². The van der Waals surface area contributed by atoms with Crippen LogP contribution in [0.1, 0.15) is 29.4 Å². The molecule has 1 aromatic heterocycles. The molecule has 0 aliphatic heterocycles. The predicted octanol–water partition coefficient (Wildman–Crippen LogP) is 0.809. The summed E-state index contributed by atoms with van der Waals surface area (Å²) in [6.45, 7) is 0. The van der Waals surface area contributed by atoms with E-state index in [4.69, 9.17) is 4.42 Å². The maximum absolute atomic E-state index is 10.9. The van der Waals surface area contributed by atoms with Gasteiger partial charge in [-0.3, -0.25) is 0 Å². The molecule has 0 N–H and O–H groups in total. The van der Waals surface area contributed by atoms with Gasteiger partial charge in [-0.05, 0) is 18.8 Å². The Morgan fingerprint density at radius 2 is 2.38 bits per heavy atom. The van der Waals surface area contributed by atoms with Gasteiger partial charge in [0.05, 0.1) is 7.11 Å². The zero-order chi connectivity index (χ0) is 9.26. The first kappa shape index (κ1) is 8.22. The second-order valence-corrected chi connectivity index (χ2v) is 3.14. The van der Waals surface area contributed by atoms with Crippen molar-refractivity contribution in [3.05, 3.63) is 11.8 Å². The monoisotopic (exact) mass is 182 g/mol. The van der Waals surface area contributed by atoms with Crippen molar-refractivity contribution < 1.29 is 13.9 Å². The summed E-state index contributed by atoms with van der Waals surface area (Å²) in [6, 6.07) is 0. The summed E-state index contributed by atoms with van der Waals surface area (Å²) in [5, 5.41) is 7.32. The van der Waals surface area contributed by atoms with Crippen LogP contribution >= 0.6 is 0 Å². The van der Waals surface area contributed by atoms with Crippen LogP contribution in [0, 0.1) is 5.92 Å². The smallest absolute Gasteiger partial charge is 0.396 e. The van der Waals surface area contributed by atoms with Crippen LogP contribution in [-0.4, -0.2) is 23.3 Å². The summed E-state index contributed by atoms with van der Waals surface area (Å²) >= 11 is 0. The molecule has 0 amide bonds. The molecule has 0 radical (unpaired) electrons. The highest BCUT2D eigenvalue weighted by molar-refractivity contribution is 5.83. The number of esters is 1. The number of hydrogen-bond donors (Lipinski definition) is 0. The molecule has 0 aromatic carbocycles. The van der Waals surface area contributed by atoms with E-state index in [1.54, 1.807) is 0 Å². The Kier molecular flexibility index (Phi) is 2.00. The first-order chi connectivity index (χ1) is 6.29. The number of nitrogens with zero attached hydrogens (tertiary/aromatic N) is 2. The number of carbonyl (C=O) groups is 1. The van der Waals surface area contributed by atoms with Gasteiger partial charge in [-0.25, -0.2) is 4.79 Å². The number of rotatable bonds is 3. The minimum atomic E-state index is -0.574. The second kappa shape index (κ2) is 3.16. The third kappa shape index (κ3) is 1.85. The molecule has 5 nitrogen and oxygen atoms in total. The van der Waals surface area contributed by atoms with E-state index >= 15 is 0 Å². The van der Waals surface area contributed by atoms with E-state index in [2.05, 4.69) is 14.9 Å². The summed E-state index contributed by atoms with van der Waals surface area (Å²) in [6.07, 6.45) is 3.22.